The average Bonchev–Trinajstić information content (AvgIpc) is 2.89. The maximum atomic E-state index is 11.8. The molecule has 5 nitrogen and oxygen atoms in total. The van der Waals surface area contributed by atoms with Gasteiger partial charge in [0.2, 0.25) is 5.91 Å². The van der Waals surface area contributed by atoms with Crippen LogP contribution in [0.3, 0.4) is 0 Å². The molecule has 0 unspecified atom stereocenters. The van der Waals surface area contributed by atoms with E-state index in [-0.39, 0.29) is 5.91 Å². The highest BCUT2D eigenvalue weighted by Crippen LogP contribution is 2.21. The molecule has 1 fully saturated rings. The molecule has 20 heavy (non-hydrogen) atoms. The molecule has 0 bridgehead atoms. The quantitative estimate of drug-likeness (QED) is 0.864. The van der Waals surface area contributed by atoms with Gasteiger partial charge in [0, 0.05) is 43.4 Å². The summed E-state index contributed by atoms with van der Waals surface area (Å²) in [6.45, 7) is 8.82. The van der Waals surface area contributed by atoms with Crippen LogP contribution >= 0.6 is 0 Å². The zero-order chi connectivity index (χ0) is 14.5. The van der Waals surface area contributed by atoms with Gasteiger partial charge in [-0.25, -0.2) is 0 Å². The van der Waals surface area contributed by atoms with Gasteiger partial charge in [0.05, 0.1) is 6.20 Å². The van der Waals surface area contributed by atoms with E-state index in [0.29, 0.717) is 18.4 Å². The van der Waals surface area contributed by atoms with E-state index in [1.807, 2.05) is 24.9 Å². The van der Waals surface area contributed by atoms with Crippen molar-refractivity contribution in [2.24, 2.45) is 5.92 Å². The van der Waals surface area contributed by atoms with Gasteiger partial charge in [-0.2, -0.15) is 5.10 Å². The molecule has 2 heterocycles. The van der Waals surface area contributed by atoms with Crippen molar-refractivity contribution < 1.29 is 4.79 Å². The first kappa shape index (κ1) is 15.0. The minimum absolute atomic E-state index is 0.285. The molecule has 0 spiro atoms. The second kappa shape index (κ2) is 6.88. The third-order valence-corrected chi connectivity index (χ3v) is 4.40. The summed E-state index contributed by atoms with van der Waals surface area (Å²) in [7, 11) is 0. The number of aromatic amines is 1. The van der Waals surface area contributed by atoms with Crippen molar-refractivity contribution in [2.75, 3.05) is 13.1 Å². The first-order chi connectivity index (χ1) is 9.65. The lowest BCUT2D eigenvalue weighted by Gasteiger charge is -2.38. The summed E-state index contributed by atoms with van der Waals surface area (Å²) in [5.41, 5.74) is 2.36. The van der Waals surface area contributed by atoms with Gasteiger partial charge in [0.15, 0.2) is 0 Å². The highest BCUT2D eigenvalue weighted by molar-refractivity contribution is 5.75. The van der Waals surface area contributed by atoms with E-state index >= 15 is 0 Å². The van der Waals surface area contributed by atoms with Crippen LogP contribution < -0.4 is 5.32 Å². The van der Waals surface area contributed by atoms with E-state index in [2.05, 4.69) is 22.4 Å². The van der Waals surface area contributed by atoms with Crippen LogP contribution in [0.1, 0.15) is 44.4 Å². The summed E-state index contributed by atoms with van der Waals surface area (Å²) in [4.78, 5) is 13.8. The number of H-pyrrole nitrogens is 1. The largest absolute Gasteiger partial charge is 0.342 e. The smallest absolute Gasteiger partial charge is 0.222 e. The van der Waals surface area contributed by atoms with E-state index in [1.54, 1.807) is 0 Å². The molecule has 112 valence electrons. The molecule has 2 rings (SSSR count). The van der Waals surface area contributed by atoms with E-state index in [1.165, 1.54) is 5.56 Å². The molecule has 1 saturated heterocycles. The Morgan fingerprint density at radius 3 is 2.95 bits per heavy atom. The van der Waals surface area contributed by atoms with Crippen molar-refractivity contribution in [3.05, 3.63) is 17.5 Å². The average molecular weight is 278 g/mol. The normalized spacial score (nSPS) is 23.1. The van der Waals surface area contributed by atoms with Crippen LogP contribution in [-0.4, -0.2) is 40.1 Å². The topological polar surface area (TPSA) is 61.0 Å². The number of nitrogens with zero attached hydrogens (tertiary/aromatic N) is 2. The number of hydrogen-bond donors (Lipinski definition) is 2. The first-order valence-electron chi connectivity index (χ1n) is 7.65. The molecule has 1 aromatic rings. The highest BCUT2D eigenvalue weighted by atomic mass is 16.2. The minimum Gasteiger partial charge on any atom is -0.342 e. The first-order valence-corrected chi connectivity index (χ1v) is 7.65. The Labute approximate surface area is 121 Å². The Hall–Kier alpha value is -1.36. The van der Waals surface area contributed by atoms with Gasteiger partial charge in [0.25, 0.3) is 0 Å². The predicted molar refractivity (Wildman–Crippen MR) is 79.2 cm³/mol. The maximum absolute atomic E-state index is 11.8. The lowest BCUT2D eigenvalue weighted by molar-refractivity contribution is -0.133. The number of rotatable bonds is 5. The summed E-state index contributed by atoms with van der Waals surface area (Å²) >= 11 is 0. The van der Waals surface area contributed by atoms with Gasteiger partial charge in [0.1, 0.15) is 0 Å². The Balaban J connectivity index is 1.89. The van der Waals surface area contributed by atoms with Crippen LogP contribution in [0.4, 0.5) is 0 Å². The summed E-state index contributed by atoms with van der Waals surface area (Å²) in [6, 6.07) is 0.496. The second-order valence-electron chi connectivity index (χ2n) is 5.66. The molecular formula is C15H26N4O. The van der Waals surface area contributed by atoms with E-state index < -0.39 is 0 Å². The lowest BCUT2D eigenvalue weighted by atomic mass is 9.89. The van der Waals surface area contributed by atoms with Crippen molar-refractivity contribution in [1.29, 1.82) is 0 Å². The number of piperidine rings is 1. The van der Waals surface area contributed by atoms with Gasteiger partial charge in [-0.3, -0.25) is 9.89 Å². The molecule has 0 aromatic carbocycles. The molecule has 2 N–H and O–H groups in total. The summed E-state index contributed by atoms with van der Waals surface area (Å²) in [6.07, 6.45) is 4.65. The SMILES string of the molecule is CCC(=O)N1CC[C@@H](NCc2cn[nH]c2C)[C@@H](CC)C1. The fourth-order valence-electron chi connectivity index (χ4n) is 2.96. The van der Waals surface area contributed by atoms with Crippen LogP contribution in [0.2, 0.25) is 0 Å². The van der Waals surface area contributed by atoms with Gasteiger partial charge in [-0.15, -0.1) is 0 Å². The van der Waals surface area contributed by atoms with Crippen molar-refractivity contribution in [2.45, 2.75) is 52.6 Å². The lowest BCUT2D eigenvalue weighted by Crippen LogP contribution is -2.50. The van der Waals surface area contributed by atoms with Gasteiger partial charge >= 0.3 is 0 Å². The third-order valence-electron chi connectivity index (χ3n) is 4.40. The van der Waals surface area contributed by atoms with Crippen molar-refractivity contribution >= 4 is 5.91 Å². The molecule has 5 heteroatoms. The van der Waals surface area contributed by atoms with Crippen LogP contribution in [0.15, 0.2) is 6.20 Å². The molecule has 1 amide bonds. The molecule has 0 saturated carbocycles. The Morgan fingerprint density at radius 1 is 1.55 bits per heavy atom. The molecular weight excluding hydrogens is 252 g/mol. The number of carbonyl (C=O) groups excluding carboxylic acids is 1. The maximum Gasteiger partial charge on any atom is 0.222 e. The van der Waals surface area contributed by atoms with E-state index in [9.17, 15) is 4.79 Å². The molecule has 1 aliphatic rings. The Morgan fingerprint density at radius 2 is 2.35 bits per heavy atom. The van der Waals surface area contributed by atoms with Crippen LogP contribution in [-0.2, 0) is 11.3 Å². The summed E-state index contributed by atoms with van der Waals surface area (Å²) in [5.74, 6) is 0.832. The number of carbonyl (C=O) groups is 1. The molecule has 2 atom stereocenters. The van der Waals surface area contributed by atoms with Crippen molar-refractivity contribution in [3.8, 4) is 0 Å². The predicted octanol–water partition coefficient (Wildman–Crippen LogP) is 1.84. The third kappa shape index (κ3) is 3.39. The number of aromatic nitrogens is 2. The standard InChI is InChI=1S/C15H26N4O/c1-4-12-10-19(15(20)5-2)7-6-14(12)16-8-13-9-17-18-11(13)3/h9,12,14,16H,4-8,10H2,1-3H3,(H,17,18)/t12-,14+/m0/s1. The number of amides is 1. The molecule has 1 aliphatic heterocycles. The van der Waals surface area contributed by atoms with Crippen LogP contribution in [0.25, 0.3) is 0 Å². The molecule has 0 radical (unpaired) electrons. The monoisotopic (exact) mass is 278 g/mol. The van der Waals surface area contributed by atoms with Gasteiger partial charge in [-0.05, 0) is 19.3 Å². The second-order valence-corrected chi connectivity index (χ2v) is 5.66. The number of nitrogens with one attached hydrogen (secondary N) is 2. The summed E-state index contributed by atoms with van der Waals surface area (Å²) in [5, 5.41) is 10.7. The number of likely N-dealkylation sites (tertiary alicyclic amines) is 1. The number of hydrogen-bond acceptors (Lipinski definition) is 3. The molecule has 1 aromatic heterocycles. The number of aryl methyl sites for hydroxylation is 1. The zero-order valence-corrected chi connectivity index (χ0v) is 12.8. The van der Waals surface area contributed by atoms with Gasteiger partial charge in [-0.1, -0.05) is 20.3 Å². The fraction of sp³-hybridized carbons (Fsp3) is 0.733. The van der Waals surface area contributed by atoms with Crippen LogP contribution in [0, 0.1) is 12.8 Å². The molecule has 0 aliphatic carbocycles. The van der Waals surface area contributed by atoms with E-state index in [4.69, 9.17) is 0 Å². The fourth-order valence-corrected chi connectivity index (χ4v) is 2.96. The van der Waals surface area contributed by atoms with E-state index in [0.717, 1.165) is 38.2 Å². The Bertz CT molecular complexity index is 443. The van der Waals surface area contributed by atoms with Crippen molar-refractivity contribution in [3.63, 3.8) is 0 Å². The van der Waals surface area contributed by atoms with Crippen LogP contribution in [0.5, 0.6) is 0 Å². The highest BCUT2D eigenvalue weighted by Gasteiger charge is 2.29. The summed E-state index contributed by atoms with van der Waals surface area (Å²) < 4.78 is 0. The zero-order valence-electron chi connectivity index (χ0n) is 12.8. The van der Waals surface area contributed by atoms with Crippen molar-refractivity contribution in [1.82, 2.24) is 20.4 Å². The van der Waals surface area contributed by atoms with Gasteiger partial charge < -0.3 is 10.2 Å². The minimum atomic E-state index is 0.285. The Kier molecular flexibility index (Phi) is 5.17.